The molecule has 0 radical (unpaired) electrons. The minimum absolute atomic E-state index is 0.193. The number of halogens is 1. The van der Waals surface area contributed by atoms with Gasteiger partial charge in [0.15, 0.2) is 0 Å². The van der Waals surface area contributed by atoms with Gasteiger partial charge in [-0.1, -0.05) is 84.9 Å². The first kappa shape index (κ1) is 31.8. The maximum atomic E-state index is 14.7. The summed E-state index contributed by atoms with van der Waals surface area (Å²) in [5, 5.41) is 6.24. The molecule has 0 aliphatic heterocycles. The van der Waals surface area contributed by atoms with Gasteiger partial charge in [0.25, 0.3) is 5.91 Å². The molecule has 0 aromatic heterocycles. The molecule has 2 N–H and O–H groups in total. The van der Waals surface area contributed by atoms with Crippen LogP contribution in [0.2, 0.25) is 5.02 Å². The fraction of sp³-hybridized carbons (Fsp3) is 0.343. The summed E-state index contributed by atoms with van der Waals surface area (Å²) < 4.78 is 5.54. The van der Waals surface area contributed by atoms with Gasteiger partial charge in [-0.15, -0.1) is 0 Å². The van der Waals surface area contributed by atoms with Gasteiger partial charge in [0.05, 0.1) is 10.7 Å². The SMILES string of the molecule is C=Cc1cccc(C(C(=O)Nc2c(C)cccc2Cl)N(C(=O)C(Cc2ccccc2)NC(=O)OC(C)(C)C)C2CCC2)c1. The lowest BCUT2D eigenvalue weighted by Gasteiger charge is -2.43. The highest BCUT2D eigenvalue weighted by Crippen LogP contribution is 2.36. The van der Waals surface area contributed by atoms with Gasteiger partial charge in [0, 0.05) is 12.5 Å². The molecule has 2 atom stereocenters. The third-order valence-electron chi connectivity index (χ3n) is 7.45. The van der Waals surface area contributed by atoms with E-state index >= 15 is 0 Å². The third kappa shape index (κ3) is 8.26. The van der Waals surface area contributed by atoms with Gasteiger partial charge in [0.2, 0.25) is 5.91 Å². The molecule has 0 spiro atoms. The Morgan fingerprint density at radius 2 is 1.74 bits per heavy atom. The summed E-state index contributed by atoms with van der Waals surface area (Å²) >= 11 is 6.50. The Kier molecular flexibility index (Phi) is 10.3. The molecule has 1 fully saturated rings. The molecule has 1 aliphatic rings. The molecule has 43 heavy (non-hydrogen) atoms. The van der Waals surface area contributed by atoms with E-state index in [9.17, 15) is 14.4 Å². The lowest BCUT2D eigenvalue weighted by molar-refractivity contribution is -0.145. The Labute approximate surface area is 259 Å². The highest BCUT2D eigenvalue weighted by molar-refractivity contribution is 6.34. The zero-order chi connectivity index (χ0) is 31.1. The number of amides is 3. The van der Waals surface area contributed by atoms with Crippen molar-refractivity contribution < 1.29 is 19.1 Å². The van der Waals surface area contributed by atoms with E-state index in [4.69, 9.17) is 16.3 Å². The van der Waals surface area contributed by atoms with Crippen molar-refractivity contribution in [2.45, 2.75) is 77.1 Å². The lowest BCUT2D eigenvalue weighted by atomic mass is 9.87. The highest BCUT2D eigenvalue weighted by atomic mass is 35.5. The van der Waals surface area contributed by atoms with E-state index in [1.54, 1.807) is 37.8 Å². The van der Waals surface area contributed by atoms with E-state index in [-0.39, 0.29) is 18.4 Å². The van der Waals surface area contributed by atoms with E-state index in [0.29, 0.717) is 16.3 Å². The van der Waals surface area contributed by atoms with Gasteiger partial charge in [-0.05, 0) is 81.3 Å². The molecule has 3 aromatic rings. The van der Waals surface area contributed by atoms with Crippen LogP contribution in [0.15, 0.2) is 79.4 Å². The van der Waals surface area contributed by atoms with Crippen molar-refractivity contribution in [2.24, 2.45) is 0 Å². The van der Waals surface area contributed by atoms with Crippen molar-refractivity contribution in [3.8, 4) is 0 Å². The van der Waals surface area contributed by atoms with Gasteiger partial charge in [-0.25, -0.2) is 4.79 Å². The molecule has 1 aliphatic carbocycles. The molecule has 226 valence electrons. The normalized spacial score (nSPS) is 14.5. The van der Waals surface area contributed by atoms with Gasteiger partial charge < -0.3 is 20.3 Å². The second kappa shape index (κ2) is 13.9. The summed E-state index contributed by atoms with van der Waals surface area (Å²) in [5.74, 6) is -0.757. The predicted molar refractivity (Wildman–Crippen MR) is 172 cm³/mol. The number of alkyl carbamates (subject to hydrolysis) is 1. The zero-order valence-corrected chi connectivity index (χ0v) is 26.0. The number of carbonyl (C=O) groups excluding carboxylic acids is 3. The van der Waals surface area contributed by atoms with Crippen LogP contribution >= 0.6 is 11.6 Å². The van der Waals surface area contributed by atoms with E-state index in [2.05, 4.69) is 17.2 Å². The minimum Gasteiger partial charge on any atom is -0.444 e. The maximum Gasteiger partial charge on any atom is 0.408 e. The molecule has 0 bridgehead atoms. The summed E-state index contributed by atoms with van der Waals surface area (Å²) in [6.07, 6.45) is 3.65. The summed E-state index contributed by atoms with van der Waals surface area (Å²) in [6.45, 7) is 11.1. The summed E-state index contributed by atoms with van der Waals surface area (Å²) in [4.78, 5) is 43.6. The molecule has 3 amide bonds. The van der Waals surface area contributed by atoms with E-state index in [1.165, 1.54) is 0 Å². The molecule has 1 saturated carbocycles. The lowest BCUT2D eigenvalue weighted by Crippen LogP contribution is -2.57. The van der Waals surface area contributed by atoms with Crippen molar-refractivity contribution in [1.29, 1.82) is 0 Å². The number of benzene rings is 3. The van der Waals surface area contributed by atoms with Crippen LogP contribution in [0.25, 0.3) is 6.08 Å². The second-order valence-electron chi connectivity index (χ2n) is 11.9. The fourth-order valence-corrected chi connectivity index (χ4v) is 5.41. The first-order chi connectivity index (χ1) is 20.5. The summed E-state index contributed by atoms with van der Waals surface area (Å²) in [5.41, 5.74) is 2.86. The molecule has 2 unspecified atom stereocenters. The number of carbonyl (C=O) groups is 3. The Bertz CT molecular complexity index is 1440. The first-order valence-electron chi connectivity index (χ1n) is 14.6. The van der Waals surface area contributed by atoms with Crippen LogP contribution in [0.4, 0.5) is 10.5 Å². The van der Waals surface area contributed by atoms with Gasteiger partial charge in [-0.2, -0.15) is 0 Å². The Morgan fingerprint density at radius 3 is 2.35 bits per heavy atom. The number of hydrogen-bond acceptors (Lipinski definition) is 4. The number of hydrogen-bond donors (Lipinski definition) is 2. The van der Waals surface area contributed by atoms with Gasteiger partial charge >= 0.3 is 6.09 Å². The van der Waals surface area contributed by atoms with Crippen molar-refractivity contribution in [3.63, 3.8) is 0 Å². The smallest absolute Gasteiger partial charge is 0.408 e. The van der Waals surface area contributed by atoms with Crippen molar-refractivity contribution in [3.05, 3.63) is 107 Å². The second-order valence-corrected chi connectivity index (χ2v) is 12.3. The average molecular weight is 602 g/mol. The molecule has 0 saturated heterocycles. The van der Waals surface area contributed by atoms with Gasteiger partial charge in [0.1, 0.15) is 17.7 Å². The van der Waals surface area contributed by atoms with Crippen LogP contribution in [0.5, 0.6) is 0 Å². The van der Waals surface area contributed by atoms with E-state index < -0.39 is 29.7 Å². The Hall–Kier alpha value is -4.10. The number of anilines is 1. The first-order valence-corrected chi connectivity index (χ1v) is 15.0. The summed E-state index contributed by atoms with van der Waals surface area (Å²) in [7, 11) is 0. The van der Waals surface area contributed by atoms with E-state index in [1.807, 2.05) is 73.7 Å². The standard InChI is InChI=1S/C35H40ClN3O4/c1-6-24-16-11-17-26(21-24)31(32(40)38-30-23(2)13-10-20-28(30)36)39(27-18-12-19-27)33(41)29(22-25-14-8-7-9-15-25)37-34(42)43-35(3,4)5/h6-11,13-17,20-21,27,29,31H,1,12,18-19,22H2,2-5H3,(H,37,42)(H,38,40). The number of rotatable bonds is 10. The number of nitrogens with zero attached hydrogens (tertiary/aromatic N) is 1. The average Bonchev–Trinajstić information content (AvgIpc) is 2.92. The maximum absolute atomic E-state index is 14.7. The zero-order valence-electron chi connectivity index (χ0n) is 25.2. The van der Waals surface area contributed by atoms with Crippen molar-refractivity contribution >= 4 is 41.3 Å². The fourth-order valence-electron chi connectivity index (χ4n) is 5.14. The number of ether oxygens (including phenoxy) is 1. The highest BCUT2D eigenvalue weighted by Gasteiger charge is 2.42. The molecule has 8 heteroatoms. The molecule has 0 heterocycles. The van der Waals surface area contributed by atoms with Crippen LogP contribution in [0, 0.1) is 6.92 Å². The summed E-state index contributed by atoms with van der Waals surface area (Å²) in [6, 6.07) is 20.2. The largest absolute Gasteiger partial charge is 0.444 e. The minimum atomic E-state index is -0.993. The van der Waals surface area contributed by atoms with Crippen LogP contribution in [-0.4, -0.2) is 40.5 Å². The predicted octanol–water partition coefficient (Wildman–Crippen LogP) is 7.49. The van der Waals surface area contributed by atoms with Crippen LogP contribution < -0.4 is 10.6 Å². The number of para-hydroxylation sites is 1. The Balaban J connectivity index is 1.78. The molecule has 3 aromatic carbocycles. The monoisotopic (exact) mass is 601 g/mol. The Morgan fingerprint density at radius 1 is 1.05 bits per heavy atom. The van der Waals surface area contributed by atoms with Crippen LogP contribution in [0.1, 0.15) is 68.3 Å². The molecule has 7 nitrogen and oxygen atoms in total. The van der Waals surface area contributed by atoms with Crippen LogP contribution in [-0.2, 0) is 20.7 Å². The van der Waals surface area contributed by atoms with Crippen LogP contribution in [0.3, 0.4) is 0 Å². The molecular formula is C35H40ClN3O4. The topological polar surface area (TPSA) is 87.7 Å². The van der Waals surface area contributed by atoms with Crippen molar-refractivity contribution in [2.75, 3.05) is 5.32 Å². The quantitative estimate of drug-likeness (QED) is 0.252. The van der Waals surface area contributed by atoms with Crippen molar-refractivity contribution in [1.82, 2.24) is 10.2 Å². The van der Waals surface area contributed by atoms with Gasteiger partial charge in [-0.3, -0.25) is 9.59 Å². The number of aryl methyl sites for hydroxylation is 1. The molecular weight excluding hydrogens is 562 g/mol. The number of nitrogens with one attached hydrogen (secondary N) is 2. The van der Waals surface area contributed by atoms with E-state index in [0.717, 1.165) is 36.0 Å². The third-order valence-corrected chi connectivity index (χ3v) is 7.77. The molecule has 4 rings (SSSR count).